The van der Waals surface area contributed by atoms with Crippen molar-refractivity contribution in [3.63, 3.8) is 0 Å². The summed E-state index contributed by atoms with van der Waals surface area (Å²) in [5.74, 6) is 0.459. The largest absolute Gasteiger partial charge is 0.493 e. The predicted octanol–water partition coefficient (Wildman–Crippen LogP) is 5.34. The van der Waals surface area contributed by atoms with E-state index in [0.29, 0.717) is 28.4 Å². The molecule has 1 aliphatic rings. The van der Waals surface area contributed by atoms with E-state index in [-0.39, 0.29) is 23.3 Å². The second kappa shape index (κ2) is 10.9. The number of rotatable bonds is 8. The molecule has 1 fully saturated rings. The lowest BCUT2D eigenvalue weighted by Gasteiger charge is -2.14. The van der Waals surface area contributed by atoms with Crippen LogP contribution in [0.2, 0.25) is 0 Å². The Morgan fingerprint density at radius 3 is 2.29 bits per heavy atom. The molecular weight excluding hydrogens is 466 g/mol. The van der Waals surface area contributed by atoms with Gasteiger partial charge in [-0.3, -0.25) is 14.5 Å². The Morgan fingerprint density at radius 2 is 1.57 bits per heavy atom. The first kappa shape index (κ1) is 24.1. The van der Waals surface area contributed by atoms with Crippen LogP contribution < -0.4 is 14.2 Å². The number of methoxy groups -OCH3 is 1. The average Bonchev–Trinajstić information content (AvgIpc) is 3.13. The van der Waals surface area contributed by atoms with Gasteiger partial charge in [-0.1, -0.05) is 48.0 Å². The minimum atomic E-state index is -0.507. The number of esters is 1. The van der Waals surface area contributed by atoms with Crippen molar-refractivity contribution in [3.8, 4) is 17.2 Å². The number of carbonyl (C=O) groups is 3. The van der Waals surface area contributed by atoms with Gasteiger partial charge in [0.2, 0.25) is 0 Å². The number of amides is 2. The Morgan fingerprint density at radius 1 is 0.914 bits per heavy atom. The second-order valence-corrected chi connectivity index (χ2v) is 8.62. The molecule has 0 aliphatic carbocycles. The number of hydrogen-bond acceptors (Lipinski definition) is 7. The molecule has 7 nitrogen and oxygen atoms in total. The number of imide groups is 1. The monoisotopic (exact) mass is 489 g/mol. The third-order valence-corrected chi connectivity index (χ3v) is 6.12. The highest BCUT2D eigenvalue weighted by Crippen LogP contribution is 2.34. The maximum Gasteiger partial charge on any atom is 0.343 e. The lowest BCUT2D eigenvalue weighted by Crippen LogP contribution is -2.32. The maximum atomic E-state index is 12.9. The van der Waals surface area contributed by atoms with Gasteiger partial charge in [-0.15, -0.1) is 0 Å². The van der Waals surface area contributed by atoms with E-state index in [4.69, 9.17) is 14.2 Å². The van der Waals surface area contributed by atoms with Crippen LogP contribution in [-0.2, 0) is 4.79 Å². The molecular formula is C27H23NO6S. The molecule has 178 valence electrons. The lowest BCUT2D eigenvalue weighted by molar-refractivity contribution is -0.123. The molecule has 0 radical (unpaired) electrons. The molecule has 1 aliphatic heterocycles. The quantitative estimate of drug-likeness (QED) is 0.240. The van der Waals surface area contributed by atoms with Crippen molar-refractivity contribution in [3.05, 3.63) is 94.4 Å². The Hall–Kier alpha value is -4.04. The van der Waals surface area contributed by atoms with Gasteiger partial charge in [0.05, 0.1) is 24.1 Å². The number of thioether (sulfide) groups is 1. The molecule has 4 rings (SSSR count). The van der Waals surface area contributed by atoms with Crippen LogP contribution in [0.15, 0.2) is 77.7 Å². The molecule has 0 bridgehead atoms. The van der Waals surface area contributed by atoms with E-state index in [9.17, 15) is 14.4 Å². The molecule has 35 heavy (non-hydrogen) atoms. The minimum absolute atomic E-state index is 0.0874. The van der Waals surface area contributed by atoms with Crippen LogP contribution >= 0.6 is 11.8 Å². The van der Waals surface area contributed by atoms with Crippen molar-refractivity contribution in [2.24, 2.45) is 0 Å². The second-order valence-electron chi connectivity index (χ2n) is 7.63. The van der Waals surface area contributed by atoms with Gasteiger partial charge in [0, 0.05) is 5.56 Å². The molecule has 0 aromatic heterocycles. The topological polar surface area (TPSA) is 82.1 Å². The van der Waals surface area contributed by atoms with Crippen LogP contribution in [-0.4, -0.2) is 42.3 Å². The zero-order chi connectivity index (χ0) is 24.8. The van der Waals surface area contributed by atoms with Crippen molar-refractivity contribution in [1.29, 1.82) is 0 Å². The van der Waals surface area contributed by atoms with Crippen molar-refractivity contribution in [2.75, 3.05) is 20.3 Å². The first-order valence-corrected chi connectivity index (χ1v) is 11.7. The first-order valence-electron chi connectivity index (χ1n) is 10.9. The van der Waals surface area contributed by atoms with Crippen molar-refractivity contribution in [1.82, 2.24) is 4.90 Å². The van der Waals surface area contributed by atoms with Gasteiger partial charge in [0.1, 0.15) is 12.4 Å². The molecule has 1 saturated heterocycles. The summed E-state index contributed by atoms with van der Waals surface area (Å²) in [6.45, 7) is 2.14. The van der Waals surface area contributed by atoms with Gasteiger partial charge in [0.25, 0.3) is 11.1 Å². The summed E-state index contributed by atoms with van der Waals surface area (Å²) in [5, 5.41) is -0.390. The van der Waals surface area contributed by atoms with Gasteiger partial charge in [-0.05, 0) is 55.1 Å². The van der Waals surface area contributed by atoms with Gasteiger partial charge in [-0.25, -0.2) is 4.79 Å². The lowest BCUT2D eigenvalue weighted by atomic mass is 10.1. The Balaban J connectivity index is 1.44. The van der Waals surface area contributed by atoms with E-state index in [1.54, 1.807) is 61.7 Å². The summed E-state index contributed by atoms with van der Waals surface area (Å²) in [4.78, 5) is 39.3. The van der Waals surface area contributed by atoms with E-state index in [1.165, 1.54) is 0 Å². The fourth-order valence-electron chi connectivity index (χ4n) is 3.36. The number of benzene rings is 3. The molecule has 0 atom stereocenters. The molecule has 2 amide bonds. The number of para-hydroxylation sites is 3. The van der Waals surface area contributed by atoms with Crippen molar-refractivity contribution >= 4 is 35.0 Å². The van der Waals surface area contributed by atoms with Crippen molar-refractivity contribution in [2.45, 2.75) is 6.92 Å². The molecule has 0 saturated carbocycles. The number of hydrogen-bond donors (Lipinski definition) is 0. The average molecular weight is 490 g/mol. The first-order chi connectivity index (χ1) is 17.0. The number of carbonyl (C=O) groups excluding carboxylic acids is 3. The van der Waals surface area contributed by atoms with E-state index < -0.39 is 11.9 Å². The SMILES string of the molecule is COc1ccccc1OCCN1C(=O)S/C(=C\c2ccccc2OC(=O)c2ccc(C)cc2)C1=O. The highest BCUT2D eigenvalue weighted by atomic mass is 32.2. The summed E-state index contributed by atoms with van der Waals surface area (Å²) >= 11 is 0.834. The number of nitrogens with zero attached hydrogens (tertiary/aromatic N) is 1. The minimum Gasteiger partial charge on any atom is -0.493 e. The third kappa shape index (κ3) is 5.73. The Bertz CT molecular complexity index is 1280. The van der Waals surface area contributed by atoms with Crippen molar-refractivity contribution < 1.29 is 28.6 Å². The van der Waals surface area contributed by atoms with Gasteiger partial charge < -0.3 is 14.2 Å². The third-order valence-electron chi connectivity index (χ3n) is 5.21. The standard InChI is InChI=1S/C27H23NO6S/c1-18-11-13-19(14-12-18)26(30)34-21-8-4-3-7-20(21)17-24-25(29)28(27(31)35-24)15-16-33-23-10-6-5-9-22(23)32-2/h3-14,17H,15-16H2,1-2H3/b24-17-. The van der Waals surface area contributed by atoms with Crippen LogP contribution in [0.1, 0.15) is 21.5 Å². The molecule has 3 aromatic carbocycles. The van der Waals surface area contributed by atoms with E-state index >= 15 is 0 Å². The van der Waals surface area contributed by atoms with Crippen LogP contribution in [0.4, 0.5) is 4.79 Å². The summed E-state index contributed by atoms with van der Waals surface area (Å²) < 4.78 is 16.5. The van der Waals surface area contributed by atoms with Crippen LogP contribution in [0.25, 0.3) is 6.08 Å². The molecule has 0 unspecified atom stereocenters. The normalized spacial score (nSPS) is 14.3. The van der Waals surface area contributed by atoms with Crippen LogP contribution in [0, 0.1) is 6.92 Å². The molecule has 1 heterocycles. The van der Waals surface area contributed by atoms with E-state index in [1.807, 2.05) is 31.2 Å². The molecule has 0 N–H and O–H groups in total. The van der Waals surface area contributed by atoms with Crippen LogP contribution in [0.5, 0.6) is 17.2 Å². The summed E-state index contributed by atoms with van der Waals surface area (Å²) in [7, 11) is 1.54. The van der Waals surface area contributed by atoms with Crippen LogP contribution in [0.3, 0.4) is 0 Å². The molecule has 3 aromatic rings. The Kier molecular flexibility index (Phi) is 7.52. The van der Waals surface area contributed by atoms with E-state index in [0.717, 1.165) is 22.2 Å². The number of aryl methyl sites for hydroxylation is 1. The zero-order valence-electron chi connectivity index (χ0n) is 19.2. The summed E-state index contributed by atoms with van der Waals surface area (Å²) in [5.41, 5.74) is 1.97. The summed E-state index contributed by atoms with van der Waals surface area (Å²) in [6, 6.07) is 21.1. The smallest absolute Gasteiger partial charge is 0.343 e. The van der Waals surface area contributed by atoms with Gasteiger partial charge in [-0.2, -0.15) is 0 Å². The Labute approximate surface area is 207 Å². The molecule has 8 heteroatoms. The highest BCUT2D eigenvalue weighted by molar-refractivity contribution is 8.18. The van der Waals surface area contributed by atoms with Gasteiger partial charge >= 0.3 is 5.97 Å². The van der Waals surface area contributed by atoms with Gasteiger partial charge in [0.15, 0.2) is 11.5 Å². The number of ether oxygens (including phenoxy) is 3. The summed E-state index contributed by atoms with van der Waals surface area (Å²) in [6.07, 6.45) is 1.56. The zero-order valence-corrected chi connectivity index (χ0v) is 20.0. The van der Waals surface area contributed by atoms with E-state index in [2.05, 4.69) is 0 Å². The fourth-order valence-corrected chi connectivity index (χ4v) is 4.22. The maximum absolute atomic E-state index is 12.9. The highest BCUT2D eigenvalue weighted by Gasteiger charge is 2.35. The fraction of sp³-hybridized carbons (Fsp3) is 0.148. The predicted molar refractivity (Wildman–Crippen MR) is 134 cm³/mol. The molecule has 0 spiro atoms.